The summed E-state index contributed by atoms with van der Waals surface area (Å²) in [6, 6.07) is 4.70. The highest BCUT2D eigenvalue weighted by Gasteiger charge is 2.19. The molecule has 0 saturated heterocycles. The van der Waals surface area contributed by atoms with Crippen molar-refractivity contribution in [2.75, 3.05) is 13.7 Å². The lowest BCUT2D eigenvalue weighted by Gasteiger charge is -2.12. The van der Waals surface area contributed by atoms with Crippen LogP contribution in [0.5, 0.6) is 17.2 Å². The van der Waals surface area contributed by atoms with E-state index in [-0.39, 0.29) is 22.8 Å². The van der Waals surface area contributed by atoms with Gasteiger partial charge in [0.15, 0.2) is 5.75 Å². The van der Waals surface area contributed by atoms with Gasteiger partial charge in [0.2, 0.25) is 5.75 Å². The first-order valence-electron chi connectivity index (χ1n) is 6.79. The van der Waals surface area contributed by atoms with Crippen LogP contribution in [0.4, 0.5) is 0 Å². The molecule has 5 heteroatoms. The number of methoxy groups -OCH3 is 1. The highest BCUT2D eigenvalue weighted by atomic mass is 16.5. The Hall–Kier alpha value is -2.43. The van der Waals surface area contributed by atoms with Gasteiger partial charge in [0.05, 0.1) is 13.7 Å². The summed E-state index contributed by atoms with van der Waals surface area (Å²) in [5.41, 5.74) is -0.366. The van der Waals surface area contributed by atoms with E-state index in [0.29, 0.717) is 18.4 Å². The summed E-state index contributed by atoms with van der Waals surface area (Å²) < 4.78 is 15.8. The third-order valence-electron chi connectivity index (χ3n) is 2.96. The van der Waals surface area contributed by atoms with Gasteiger partial charge in [-0.1, -0.05) is 25.1 Å². The molecule has 2 rings (SSSR count). The van der Waals surface area contributed by atoms with Gasteiger partial charge in [0.1, 0.15) is 16.7 Å². The van der Waals surface area contributed by atoms with E-state index < -0.39 is 5.63 Å². The van der Waals surface area contributed by atoms with Crippen LogP contribution in [0.2, 0.25) is 0 Å². The van der Waals surface area contributed by atoms with Gasteiger partial charge in [0.25, 0.3) is 0 Å². The van der Waals surface area contributed by atoms with Crippen LogP contribution in [0.25, 0.3) is 11.0 Å². The second-order valence-corrected chi connectivity index (χ2v) is 4.42. The average molecular weight is 290 g/mol. The molecule has 0 radical (unpaired) electrons. The lowest BCUT2D eigenvalue weighted by molar-refractivity contribution is 0.293. The summed E-state index contributed by atoms with van der Waals surface area (Å²) in [5, 5.41) is 10.3. The van der Waals surface area contributed by atoms with Gasteiger partial charge in [0, 0.05) is 0 Å². The number of allylic oxidation sites excluding steroid dienone is 1. The number of aromatic hydroxyl groups is 1. The zero-order valence-electron chi connectivity index (χ0n) is 12.1. The molecule has 0 bridgehead atoms. The Labute approximate surface area is 122 Å². The second kappa shape index (κ2) is 6.83. The number of phenolic OH excluding ortho intramolecular Hbond substituents is 1. The van der Waals surface area contributed by atoms with Crippen LogP contribution in [0, 0.1) is 0 Å². The van der Waals surface area contributed by atoms with Crippen molar-refractivity contribution in [3.05, 3.63) is 40.8 Å². The van der Waals surface area contributed by atoms with Gasteiger partial charge in [-0.15, -0.1) is 0 Å². The molecule has 0 aliphatic rings. The number of rotatable bonds is 6. The molecule has 0 fully saturated rings. The topological polar surface area (TPSA) is 68.9 Å². The minimum absolute atomic E-state index is 0.0198. The van der Waals surface area contributed by atoms with Crippen molar-refractivity contribution in [1.29, 1.82) is 0 Å². The molecule has 1 aromatic carbocycles. The van der Waals surface area contributed by atoms with Crippen molar-refractivity contribution in [2.24, 2.45) is 0 Å². The zero-order valence-corrected chi connectivity index (χ0v) is 12.1. The van der Waals surface area contributed by atoms with Crippen LogP contribution >= 0.6 is 0 Å². The predicted octanol–water partition coefficient (Wildman–Crippen LogP) is 3.24. The van der Waals surface area contributed by atoms with Crippen molar-refractivity contribution in [2.45, 2.75) is 19.8 Å². The Balaban J connectivity index is 2.43. The van der Waals surface area contributed by atoms with Gasteiger partial charge >= 0.3 is 5.63 Å². The van der Waals surface area contributed by atoms with E-state index in [0.717, 1.165) is 6.42 Å². The van der Waals surface area contributed by atoms with E-state index in [2.05, 4.69) is 0 Å². The van der Waals surface area contributed by atoms with E-state index >= 15 is 0 Å². The van der Waals surface area contributed by atoms with Crippen molar-refractivity contribution >= 4 is 11.0 Å². The fourth-order valence-corrected chi connectivity index (χ4v) is 2.01. The van der Waals surface area contributed by atoms with Gasteiger partial charge in [-0.05, 0) is 25.0 Å². The van der Waals surface area contributed by atoms with Crippen LogP contribution in [0.1, 0.15) is 19.8 Å². The van der Waals surface area contributed by atoms with E-state index in [4.69, 9.17) is 13.9 Å². The van der Waals surface area contributed by atoms with E-state index in [9.17, 15) is 9.90 Å². The summed E-state index contributed by atoms with van der Waals surface area (Å²) in [6.07, 6.45) is 5.70. The second-order valence-electron chi connectivity index (χ2n) is 4.42. The van der Waals surface area contributed by atoms with Gasteiger partial charge in [-0.25, -0.2) is 4.79 Å². The van der Waals surface area contributed by atoms with Crippen molar-refractivity contribution in [3.63, 3.8) is 0 Å². The van der Waals surface area contributed by atoms with Crippen LogP contribution in [-0.2, 0) is 0 Å². The molecule has 1 aromatic heterocycles. The number of hydrogen-bond acceptors (Lipinski definition) is 5. The lowest BCUT2D eigenvalue weighted by atomic mass is 10.2. The Morgan fingerprint density at radius 2 is 2.10 bits per heavy atom. The standard InChI is InChI=1S/C16H18O5/c1-3-4-5-6-10-20-14-13-11(17)8-7-9-12(13)21-16(18)15(14)19-2/h4-5,7-9,17H,3,6,10H2,1-2H3/b5-4+. The van der Waals surface area contributed by atoms with Crippen LogP contribution in [0.3, 0.4) is 0 Å². The largest absolute Gasteiger partial charge is 0.507 e. The maximum Gasteiger partial charge on any atom is 0.383 e. The number of benzene rings is 1. The molecule has 0 spiro atoms. The Morgan fingerprint density at radius 1 is 1.29 bits per heavy atom. The quantitative estimate of drug-likeness (QED) is 0.502. The fraction of sp³-hybridized carbons (Fsp3) is 0.312. The molecule has 0 aliphatic heterocycles. The first kappa shape index (κ1) is 15.0. The average Bonchev–Trinajstić information content (AvgIpc) is 2.46. The fourth-order valence-electron chi connectivity index (χ4n) is 2.01. The lowest BCUT2D eigenvalue weighted by Crippen LogP contribution is -2.08. The molecule has 0 amide bonds. The summed E-state index contributed by atoms with van der Waals surface area (Å²) in [7, 11) is 1.36. The van der Waals surface area contributed by atoms with Gasteiger partial charge in [-0.2, -0.15) is 0 Å². The molecule has 1 heterocycles. The molecular weight excluding hydrogens is 272 g/mol. The van der Waals surface area contributed by atoms with E-state index in [1.54, 1.807) is 12.1 Å². The molecule has 0 atom stereocenters. The maximum atomic E-state index is 11.9. The molecule has 5 nitrogen and oxygen atoms in total. The smallest absolute Gasteiger partial charge is 0.383 e. The minimum atomic E-state index is -0.630. The Bertz CT molecular complexity index is 700. The first-order chi connectivity index (χ1) is 10.2. The number of fused-ring (bicyclic) bond motifs is 1. The highest BCUT2D eigenvalue weighted by Crippen LogP contribution is 2.38. The summed E-state index contributed by atoms with van der Waals surface area (Å²) in [4.78, 5) is 11.9. The maximum absolute atomic E-state index is 11.9. The minimum Gasteiger partial charge on any atom is -0.507 e. The summed E-state index contributed by atoms with van der Waals surface area (Å²) in [5.74, 6) is 0.156. The van der Waals surface area contributed by atoms with Crippen LogP contribution in [-0.4, -0.2) is 18.8 Å². The van der Waals surface area contributed by atoms with Crippen LogP contribution < -0.4 is 15.1 Å². The molecule has 0 saturated carbocycles. The van der Waals surface area contributed by atoms with Crippen LogP contribution in [0.15, 0.2) is 39.6 Å². The summed E-state index contributed by atoms with van der Waals surface area (Å²) in [6.45, 7) is 2.42. The molecule has 0 aliphatic carbocycles. The molecule has 2 aromatic rings. The van der Waals surface area contributed by atoms with Crippen molar-refractivity contribution < 1.29 is 19.0 Å². The first-order valence-corrected chi connectivity index (χ1v) is 6.79. The third kappa shape index (κ3) is 3.18. The highest BCUT2D eigenvalue weighted by molar-refractivity contribution is 5.91. The number of ether oxygens (including phenoxy) is 2. The van der Waals surface area contributed by atoms with Gasteiger partial charge in [-0.3, -0.25) is 0 Å². The van der Waals surface area contributed by atoms with Crippen molar-refractivity contribution in [1.82, 2.24) is 0 Å². The number of phenols is 1. The van der Waals surface area contributed by atoms with E-state index in [1.807, 2.05) is 19.1 Å². The molecular formula is C16H18O5. The molecule has 21 heavy (non-hydrogen) atoms. The molecule has 1 N–H and O–H groups in total. The predicted molar refractivity (Wildman–Crippen MR) is 80.2 cm³/mol. The zero-order chi connectivity index (χ0) is 15.2. The summed E-state index contributed by atoms with van der Waals surface area (Å²) >= 11 is 0. The number of hydrogen-bond donors (Lipinski definition) is 1. The van der Waals surface area contributed by atoms with Crippen molar-refractivity contribution in [3.8, 4) is 17.2 Å². The normalized spacial score (nSPS) is 11.1. The van der Waals surface area contributed by atoms with E-state index in [1.165, 1.54) is 13.2 Å². The monoisotopic (exact) mass is 290 g/mol. The SMILES string of the molecule is CC/C=C/CCOc1c(OC)c(=O)oc2cccc(O)c12. The van der Waals surface area contributed by atoms with Gasteiger partial charge < -0.3 is 19.0 Å². The molecule has 112 valence electrons. The third-order valence-corrected chi connectivity index (χ3v) is 2.96. The Morgan fingerprint density at radius 3 is 2.81 bits per heavy atom. The Kier molecular flexibility index (Phi) is 4.87. The molecule has 0 unspecified atom stereocenters.